The van der Waals surface area contributed by atoms with Crippen LogP contribution in [0.15, 0.2) is 18.2 Å². The topological polar surface area (TPSA) is 43.1 Å². The summed E-state index contributed by atoms with van der Waals surface area (Å²) < 4.78 is 13.2. The largest absolute Gasteiger partial charge is 0.304 e. The highest BCUT2D eigenvalue weighted by Crippen LogP contribution is 2.19. The summed E-state index contributed by atoms with van der Waals surface area (Å²) in [5, 5.41) is 10.4. The molecule has 0 radical (unpaired) electrons. The van der Waals surface area contributed by atoms with Crippen LogP contribution in [0.5, 0.6) is 0 Å². The van der Waals surface area contributed by atoms with Crippen LogP contribution in [0.25, 0.3) is 0 Å². The van der Waals surface area contributed by atoms with Gasteiger partial charge >= 0.3 is 5.69 Å². The smallest absolute Gasteiger partial charge is 0.258 e. The quantitative estimate of drug-likeness (QED) is 0.453. The van der Waals surface area contributed by atoms with Crippen LogP contribution < -0.4 is 0 Å². The van der Waals surface area contributed by atoms with E-state index in [0.717, 1.165) is 12.0 Å². The van der Waals surface area contributed by atoms with Gasteiger partial charge in [-0.3, -0.25) is 10.1 Å². The lowest BCUT2D eigenvalue weighted by molar-refractivity contribution is -0.387. The SMILES string of the molecule is CC(Cl)CCc1ccc([N+](=O)[O-])c(F)c1. The first-order chi connectivity index (χ1) is 7.00. The molecule has 1 aromatic carbocycles. The first-order valence-electron chi connectivity index (χ1n) is 4.57. The van der Waals surface area contributed by atoms with Gasteiger partial charge in [-0.15, -0.1) is 11.6 Å². The molecule has 0 bridgehead atoms. The lowest BCUT2D eigenvalue weighted by Gasteiger charge is -2.03. The highest BCUT2D eigenvalue weighted by Gasteiger charge is 2.13. The Balaban J connectivity index is 2.78. The Morgan fingerprint density at radius 2 is 2.27 bits per heavy atom. The molecule has 1 atom stereocenters. The third kappa shape index (κ3) is 3.47. The number of hydrogen-bond donors (Lipinski definition) is 0. The van der Waals surface area contributed by atoms with Crippen LogP contribution in [0, 0.1) is 15.9 Å². The number of alkyl halides is 1. The first-order valence-corrected chi connectivity index (χ1v) is 5.01. The van der Waals surface area contributed by atoms with E-state index >= 15 is 0 Å². The number of rotatable bonds is 4. The molecule has 0 aromatic heterocycles. The van der Waals surface area contributed by atoms with Crippen LogP contribution in [-0.2, 0) is 6.42 Å². The zero-order valence-corrected chi connectivity index (χ0v) is 9.00. The van der Waals surface area contributed by atoms with Crippen LogP contribution in [-0.4, -0.2) is 10.3 Å². The van der Waals surface area contributed by atoms with Crippen molar-refractivity contribution in [1.29, 1.82) is 0 Å². The van der Waals surface area contributed by atoms with Gasteiger partial charge in [0.05, 0.1) is 4.92 Å². The normalized spacial score (nSPS) is 12.5. The fourth-order valence-electron chi connectivity index (χ4n) is 1.22. The second kappa shape index (κ2) is 5.07. The van der Waals surface area contributed by atoms with Gasteiger partial charge in [0.25, 0.3) is 0 Å². The van der Waals surface area contributed by atoms with E-state index in [1.165, 1.54) is 12.1 Å². The van der Waals surface area contributed by atoms with Gasteiger partial charge in [0.15, 0.2) is 0 Å². The summed E-state index contributed by atoms with van der Waals surface area (Å²) in [6.07, 6.45) is 1.35. The number of hydrogen-bond acceptors (Lipinski definition) is 2. The zero-order chi connectivity index (χ0) is 11.4. The molecule has 0 aliphatic heterocycles. The molecule has 0 N–H and O–H groups in total. The van der Waals surface area contributed by atoms with Gasteiger partial charge in [0.1, 0.15) is 0 Å². The van der Waals surface area contributed by atoms with E-state index in [1.807, 2.05) is 6.92 Å². The molecule has 3 nitrogen and oxygen atoms in total. The Kier molecular flexibility index (Phi) is 4.03. The fraction of sp³-hybridized carbons (Fsp3) is 0.400. The van der Waals surface area contributed by atoms with Gasteiger partial charge in [-0.1, -0.05) is 6.07 Å². The summed E-state index contributed by atoms with van der Waals surface area (Å²) in [4.78, 5) is 9.61. The van der Waals surface area contributed by atoms with Crippen molar-refractivity contribution in [2.24, 2.45) is 0 Å². The number of nitrogens with zero attached hydrogens (tertiary/aromatic N) is 1. The molecule has 1 aromatic rings. The van der Waals surface area contributed by atoms with Gasteiger partial charge in [-0.05, 0) is 31.4 Å². The van der Waals surface area contributed by atoms with Crippen LogP contribution in [0.4, 0.5) is 10.1 Å². The highest BCUT2D eigenvalue weighted by molar-refractivity contribution is 6.20. The Morgan fingerprint density at radius 1 is 1.60 bits per heavy atom. The van der Waals surface area contributed by atoms with E-state index in [1.54, 1.807) is 6.07 Å². The van der Waals surface area contributed by atoms with Crippen molar-refractivity contribution in [2.75, 3.05) is 0 Å². The Bertz CT molecular complexity index is 368. The molecule has 0 saturated heterocycles. The second-order valence-electron chi connectivity index (χ2n) is 3.36. The minimum Gasteiger partial charge on any atom is -0.258 e. The van der Waals surface area contributed by atoms with E-state index in [4.69, 9.17) is 11.6 Å². The Hall–Kier alpha value is -1.16. The van der Waals surface area contributed by atoms with Crippen molar-refractivity contribution in [2.45, 2.75) is 25.1 Å². The molecule has 1 unspecified atom stereocenters. The third-order valence-corrected chi connectivity index (χ3v) is 2.26. The molecule has 15 heavy (non-hydrogen) atoms. The van der Waals surface area contributed by atoms with E-state index in [9.17, 15) is 14.5 Å². The van der Waals surface area contributed by atoms with E-state index in [-0.39, 0.29) is 5.38 Å². The van der Waals surface area contributed by atoms with Gasteiger partial charge in [0.2, 0.25) is 5.82 Å². The molecule has 5 heteroatoms. The van der Waals surface area contributed by atoms with Crippen molar-refractivity contribution in [3.63, 3.8) is 0 Å². The number of aryl methyl sites for hydroxylation is 1. The Morgan fingerprint density at radius 3 is 2.73 bits per heavy atom. The molecule has 0 spiro atoms. The number of halogens is 2. The molecule has 0 aliphatic carbocycles. The number of nitro benzene ring substituents is 1. The Labute approximate surface area is 92.0 Å². The average Bonchev–Trinajstić information content (AvgIpc) is 2.14. The predicted molar refractivity (Wildman–Crippen MR) is 56.7 cm³/mol. The minimum absolute atomic E-state index is 0.0169. The van der Waals surface area contributed by atoms with Crippen LogP contribution in [0.2, 0.25) is 0 Å². The molecule has 82 valence electrons. The lowest BCUT2D eigenvalue weighted by atomic mass is 10.1. The molecule has 0 heterocycles. The average molecular weight is 232 g/mol. The van der Waals surface area contributed by atoms with E-state index in [2.05, 4.69) is 0 Å². The summed E-state index contributed by atoms with van der Waals surface area (Å²) in [6.45, 7) is 1.85. The van der Waals surface area contributed by atoms with Gasteiger partial charge < -0.3 is 0 Å². The second-order valence-corrected chi connectivity index (χ2v) is 4.11. The molecule has 1 rings (SSSR count). The summed E-state index contributed by atoms with van der Waals surface area (Å²) >= 11 is 5.75. The molecular formula is C10H11ClFNO2. The third-order valence-electron chi connectivity index (χ3n) is 2.04. The summed E-state index contributed by atoms with van der Waals surface area (Å²) in [7, 11) is 0. The van der Waals surface area contributed by atoms with Crippen molar-refractivity contribution >= 4 is 17.3 Å². The standard InChI is InChI=1S/C10H11ClFNO2/c1-7(11)2-3-8-4-5-10(13(14)15)9(12)6-8/h4-7H,2-3H2,1H3. The van der Waals surface area contributed by atoms with Crippen molar-refractivity contribution in [3.8, 4) is 0 Å². The fourth-order valence-corrected chi connectivity index (χ4v) is 1.33. The molecule has 0 fully saturated rings. The van der Waals surface area contributed by atoms with E-state index < -0.39 is 16.4 Å². The van der Waals surface area contributed by atoms with Crippen LogP contribution in [0.1, 0.15) is 18.9 Å². The zero-order valence-electron chi connectivity index (χ0n) is 8.24. The van der Waals surface area contributed by atoms with Crippen LogP contribution >= 0.6 is 11.6 Å². The summed E-state index contributed by atoms with van der Waals surface area (Å²) in [5.41, 5.74) is 0.239. The highest BCUT2D eigenvalue weighted by atomic mass is 35.5. The maximum atomic E-state index is 13.2. The van der Waals surface area contributed by atoms with Gasteiger partial charge in [-0.25, -0.2) is 0 Å². The monoisotopic (exact) mass is 231 g/mol. The maximum Gasteiger partial charge on any atom is 0.304 e. The predicted octanol–water partition coefficient (Wildman–Crippen LogP) is 3.29. The van der Waals surface area contributed by atoms with Gasteiger partial charge in [0, 0.05) is 11.4 Å². The molecular weight excluding hydrogens is 221 g/mol. The molecule has 0 aliphatic rings. The van der Waals surface area contributed by atoms with Crippen molar-refractivity contribution < 1.29 is 9.31 Å². The maximum absolute atomic E-state index is 13.2. The number of benzene rings is 1. The van der Waals surface area contributed by atoms with Crippen LogP contribution in [0.3, 0.4) is 0 Å². The molecule has 0 amide bonds. The molecule has 0 saturated carbocycles. The minimum atomic E-state index is -0.792. The summed E-state index contributed by atoms with van der Waals surface area (Å²) in [6, 6.07) is 3.93. The van der Waals surface area contributed by atoms with E-state index in [0.29, 0.717) is 6.42 Å². The van der Waals surface area contributed by atoms with Crippen molar-refractivity contribution in [3.05, 3.63) is 39.7 Å². The first kappa shape index (κ1) is 11.9. The number of nitro groups is 1. The lowest BCUT2D eigenvalue weighted by Crippen LogP contribution is -1.97. The van der Waals surface area contributed by atoms with Gasteiger partial charge in [-0.2, -0.15) is 4.39 Å². The summed E-state index contributed by atoms with van der Waals surface area (Å²) in [5.74, 6) is -0.792. The van der Waals surface area contributed by atoms with Crippen molar-refractivity contribution in [1.82, 2.24) is 0 Å².